The first-order valence-corrected chi connectivity index (χ1v) is 9.18. The fourth-order valence-electron chi connectivity index (χ4n) is 3.24. The number of halogens is 1. The van der Waals surface area contributed by atoms with Crippen LogP contribution in [0.4, 0.5) is 11.4 Å². The molecule has 0 radical (unpaired) electrons. The fraction of sp³-hybridized carbons (Fsp3) is 0.263. The molecule has 5 nitrogen and oxygen atoms in total. The van der Waals surface area contributed by atoms with Crippen LogP contribution in [0.2, 0.25) is 0 Å². The predicted molar refractivity (Wildman–Crippen MR) is 101 cm³/mol. The number of quaternary nitrogens is 1. The van der Waals surface area contributed by atoms with Crippen molar-refractivity contribution in [3.05, 3.63) is 58.6 Å². The number of amides is 1. The van der Waals surface area contributed by atoms with Crippen LogP contribution in [0, 0.1) is 0 Å². The molecule has 25 heavy (non-hydrogen) atoms. The van der Waals surface area contributed by atoms with Crippen LogP contribution in [0.25, 0.3) is 0 Å². The van der Waals surface area contributed by atoms with Crippen LogP contribution >= 0.6 is 15.9 Å². The second-order valence-electron chi connectivity index (χ2n) is 6.21. The molecular formula is C19H19BrN3O2+. The zero-order valence-electron chi connectivity index (χ0n) is 13.7. The van der Waals surface area contributed by atoms with Crippen LogP contribution in [-0.4, -0.2) is 44.6 Å². The highest BCUT2D eigenvalue weighted by Gasteiger charge is 2.36. The maximum atomic E-state index is 13.1. The Morgan fingerprint density at radius 1 is 1.12 bits per heavy atom. The minimum Gasteiger partial charge on any atom is -0.370 e. The summed E-state index contributed by atoms with van der Waals surface area (Å²) in [7, 11) is 0. The van der Waals surface area contributed by atoms with Gasteiger partial charge in [-0.15, -0.1) is 0 Å². The number of carbonyl (C=O) groups is 1. The van der Waals surface area contributed by atoms with Gasteiger partial charge in [0.2, 0.25) is 0 Å². The molecule has 128 valence electrons. The van der Waals surface area contributed by atoms with E-state index >= 15 is 0 Å². The predicted octanol–water partition coefficient (Wildman–Crippen LogP) is 1.79. The van der Waals surface area contributed by atoms with E-state index in [-0.39, 0.29) is 5.91 Å². The summed E-state index contributed by atoms with van der Waals surface area (Å²) in [6, 6.07) is 15.6. The Balaban J connectivity index is 1.68. The van der Waals surface area contributed by atoms with Gasteiger partial charge >= 0.3 is 0 Å². The average Bonchev–Trinajstić information content (AvgIpc) is 2.89. The molecule has 0 bridgehead atoms. The number of morpholine rings is 1. The van der Waals surface area contributed by atoms with E-state index < -0.39 is 0 Å². The van der Waals surface area contributed by atoms with Crippen LogP contribution in [-0.2, 0) is 9.53 Å². The topological polar surface area (TPSA) is 46.3 Å². The van der Waals surface area contributed by atoms with Gasteiger partial charge in [-0.1, -0.05) is 40.2 Å². The molecule has 0 unspecified atom stereocenters. The molecule has 0 spiro atoms. The van der Waals surface area contributed by atoms with E-state index in [0.29, 0.717) is 12.4 Å². The van der Waals surface area contributed by atoms with E-state index in [9.17, 15) is 4.79 Å². The number of anilines is 1. The summed E-state index contributed by atoms with van der Waals surface area (Å²) >= 11 is 3.46. The Kier molecular flexibility index (Phi) is 4.65. The molecule has 2 heterocycles. The van der Waals surface area contributed by atoms with Crippen molar-refractivity contribution < 1.29 is 14.4 Å². The number of nitrogens with zero attached hydrogens (tertiary/aromatic N) is 2. The summed E-state index contributed by atoms with van der Waals surface area (Å²) < 4.78 is 6.37. The molecular weight excluding hydrogens is 382 g/mol. The van der Waals surface area contributed by atoms with Crippen LogP contribution < -0.4 is 9.80 Å². The van der Waals surface area contributed by atoms with Gasteiger partial charge in [-0.05, 0) is 24.3 Å². The maximum Gasteiger partial charge on any atom is 0.281 e. The average molecular weight is 401 g/mol. The minimum absolute atomic E-state index is 0.0276. The number of para-hydroxylation sites is 1. The smallest absolute Gasteiger partial charge is 0.281 e. The molecule has 0 atom stereocenters. The first-order chi connectivity index (χ1) is 12.2. The normalized spacial score (nSPS) is 19.5. The molecule has 0 aromatic heterocycles. The van der Waals surface area contributed by atoms with Crippen molar-refractivity contribution in [3.63, 3.8) is 0 Å². The molecule has 6 heteroatoms. The van der Waals surface area contributed by atoms with Crippen molar-refractivity contribution in [2.75, 3.05) is 37.9 Å². The maximum absolute atomic E-state index is 13.1. The summed E-state index contributed by atoms with van der Waals surface area (Å²) in [6.45, 7) is 3.99. The van der Waals surface area contributed by atoms with Gasteiger partial charge in [-0.3, -0.25) is 9.69 Å². The third kappa shape index (κ3) is 3.38. The second kappa shape index (κ2) is 7.07. The van der Waals surface area contributed by atoms with E-state index in [1.165, 1.54) is 4.90 Å². The number of nitrogens with one attached hydrogen (secondary N) is 1. The molecule has 2 aliphatic rings. The number of hydrogen-bond donors (Lipinski definition) is 1. The van der Waals surface area contributed by atoms with E-state index in [1.807, 2.05) is 53.4 Å². The Hall–Kier alpha value is -2.02. The Labute approximate surface area is 155 Å². The number of benzene rings is 2. The molecule has 2 aromatic rings. The van der Waals surface area contributed by atoms with Gasteiger partial charge in [0.15, 0.2) is 6.67 Å². The van der Waals surface area contributed by atoms with Gasteiger partial charge in [0, 0.05) is 10.0 Å². The number of ether oxygens (including phenoxy) is 1. The molecule has 2 aliphatic heterocycles. The molecule has 1 saturated heterocycles. The highest BCUT2D eigenvalue weighted by atomic mass is 79.9. The van der Waals surface area contributed by atoms with Crippen molar-refractivity contribution in [1.29, 1.82) is 0 Å². The molecule has 0 aliphatic carbocycles. The van der Waals surface area contributed by atoms with Crippen molar-refractivity contribution in [1.82, 2.24) is 0 Å². The quantitative estimate of drug-likeness (QED) is 0.853. The Morgan fingerprint density at radius 3 is 2.72 bits per heavy atom. The summed E-state index contributed by atoms with van der Waals surface area (Å²) in [5.41, 5.74) is 3.13. The van der Waals surface area contributed by atoms with Gasteiger partial charge in [0.25, 0.3) is 5.91 Å². The molecule has 0 saturated carbocycles. The van der Waals surface area contributed by atoms with Gasteiger partial charge < -0.3 is 9.64 Å². The van der Waals surface area contributed by atoms with Crippen LogP contribution in [0.3, 0.4) is 0 Å². The van der Waals surface area contributed by atoms with Gasteiger partial charge in [0.05, 0.1) is 24.6 Å². The number of carbonyl (C=O) groups excluding carboxylic acids is 1. The van der Waals surface area contributed by atoms with Gasteiger partial charge in [0.1, 0.15) is 18.8 Å². The molecule has 2 aromatic carbocycles. The Morgan fingerprint density at radius 2 is 1.92 bits per heavy atom. The monoisotopic (exact) mass is 400 g/mol. The number of aliphatic imine (C=N–C) groups is 1. The summed E-state index contributed by atoms with van der Waals surface area (Å²) in [6.07, 6.45) is 0. The van der Waals surface area contributed by atoms with Gasteiger partial charge in [-0.2, -0.15) is 0 Å². The largest absolute Gasteiger partial charge is 0.370 e. The standard InChI is InChI=1S/C19H18BrN3O2/c20-14-4-3-5-15(12-14)21-18-16-6-1-2-7-17(16)23(19(18)24)13-22-8-10-25-11-9-22/h1-7,12H,8-11,13H2/p+1. The van der Waals surface area contributed by atoms with Crippen molar-refractivity contribution in [3.8, 4) is 0 Å². The van der Waals surface area contributed by atoms with E-state index in [4.69, 9.17) is 4.74 Å². The minimum atomic E-state index is -0.0276. The lowest BCUT2D eigenvalue weighted by atomic mass is 10.1. The van der Waals surface area contributed by atoms with Crippen LogP contribution in [0.5, 0.6) is 0 Å². The third-order valence-electron chi connectivity index (χ3n) is 4.53. The van der Waals surface area contributed by atoms with Crippen molar-refractivity contribution in [2.45, 2.75) is 0 Å². The fourth-order valence-corrected chi connectivity index (χ4v) is 3.63. The first-order valence-electron chi connectivity index (χ1n) is 8.39. The molecule has 1 fully saturated rings. The first kappa shape index (κ1) is 16.4. The van der Waals surface area contributed by atoms with E-state index in [0.717, 1.165) is 47.7 Å². The Bertz CT molecular complexity index is 831. The van der Waals surface area contributed by atoms with Crippen molar-refractivity contribution >= 4 is 38.9 Å². The summed E-state index contributed by atoms with van der Waals surface area (Å²) in [5.74, 6) is -0.0276. The zero-order chi connectivity index (χ0) is 17.2. The lowest BCUT2D eigenvalue weighted by Gasteiger charge is -2.27. The van der Waals surface area contributed by atoms with Crippen molar-refractivity contribution in [2.24, 2.45) is 4.99 Å². The zero-order valence-corrected chi connectivity index (χ0v) is 15.3. The molecule has 1 N–H and O–H groups in total. The van der Waals surface area contributed by atoms with E-state index in [1.54, 1.807) is 0 Å². The lowest BCUT2D eigenvalue weighted by molar-refractivity contribution is -0.906. The van der Waals surface area contributed by atoms with Gasteiger partial charge in [-0.25, -0.2) is 4.99 Å². The number of rotatable bonds is 3. The SMILES string of the molecule is O=C1C(=Nc2cccc(Br)c2)c2ccccc2N1C[NH+]1CCOCC1. The molecule has 1 amide bonds. The van der Waals surface area contributed by atoms with E-state index in [2.05, 4.69) is 20.9 Å². The third-order valence-corrected chi connectivity index (χ3v) is 5.02. The van der Waals surface area contributed by atoms with Crippen LogP contribution in [0.1, 0.15) is 5.56 Å². The summed E-state index contributed by atoms with van der Waals surface area (Å²) in [5, 5.41) is 0. The van der Waals surface area contributed by atoms with Crippen LogP contribution in [0.15, 0.2) is 58.0 Å². The summed E-state index contributed by atoms with van der Waals surface area (Å²) in [4.78, 5) is 20.9. The molecule has 4 rings (SSSR count). The highest BCUT2D eigenvalue weighted by Crippen LogP contribution is 2.30. The highest BCUT2D eigenvalue weighted by molar-refractivity contribution is 9.10. The second-order valence-corrected chi connectivity index (χ2v) is 7.13. The number of fused-ring (bicyclic) bond motifs is 1. The lowest BCUT2D eigenvalue weighted by Crippen LogP contribution is -3.15. The number of hydrogen-bond acceptors (Lipinski definition) is 3.